The molecule has 2 aromatic heterocycles. The van der Waals surface area contributed by atoms with Crippen LogP contribution >= 0.6 is 11.3 Å². The SMILES string of the molecule is [C-]#[N+]c1ccc(-c2ccc3sc4ccc(-c5nc(-c6ccccc6)nc(-c6ccccc6)n5)cc4c3c2)cc1. The Kier molecular flexibility index (Phi) is 5.66. The average molecular weight is 517 g/mol. The molecule has 182 valence electrons. The van der Waals surface area contributed by atoms with Crippen molar-refractivity contribution in [1.82, 2.24) is 15.0 Å². The summed E-state index contributed by atoms with van der Waals surface area (Å²) >= 11 is 1.78. The summed E-state index contributed by atoms with van der Waals surface area (Å²) in [5.74, 6) is 1.95. The largest absolute Gasteiger partial charge is 0.238 e. The molecule has 0 bridgehead atoms. The number of rotatable bonds is 4. The van der Waals surface area contributed by atoms with Gasteiger partial charge in [0.05, 0.1) is 6.57 Å². The first kappa shape index (κ1) is 23.0. The molecule has 7 aromatic rings. The van der Waals surface area contributed by atoms with E-state index in [1.807, 2.05) is 84.9 Å². The molecule has 0 aliphatic heterocycles. The van der Waals surface area contributed by atoms with Gasteiger partial charge >= 0.3 is 0 Å². The molecule has 5 aromatic carbocycles. The van der Waals surface area contributed by atoms with Crippen molar-refractivity contribution in [3.05, 3.63) is 133 Å². The van der Waals surface area contributed by atoms with E-state index in [0.29, 0.717) is 23.2 Å². The van der Waals surface area contributed by atoms with E-state index in [4.69, 9.17) is 21.5 Å². The van der Waals surface area contributed by atoms with Crippen molar-refractivity contribution in [1.29, 1.82) is 0 Å². The molecule has 39 heavy (non-hydrogen) atoms. The van der Waals surface area contributed by atoms with Gasteiger partial charge in [-0.25, -0.2) is 19.8 Å². The Morgan fingerprint density at radius 2 is 0.923 bits per heavy atom. The molecule has 0 aliphatic carbocycles. The first-order valence-corrected chi connectivity index (χ1v) is 13.4. The molecular formula is C34H20N4S. The number of hydrogen-bond acceptors (Lipinski definition) is 4. The lowest BCUT2D eigenvalue weighted by atomic mass is 10.0. The van der Waals surface area contributed by atoms with E-state index in [0.717, 1.165) is 27.8 Å². The summed E-state index contributed by atoms with van der Waals surface area (Å²) in [7, 11) is 0. The first-order chi connectivity index (χ1) is 19.2. The molecule has 5 heteroatoms. The summed E-state index contributed by atoms with van der Waals surface area (Å²) < 4.78 is 2.45. The Morgan fingerprint density at radius 3 is 1.46 bits per heavy atom. The zero-order chi connectivity index (χ0) is 26.2. The van der Waals surface area contributed by atoms with E-state index >= 15 is 0 Å². The standard InChI is InChI=1S/C34H20N4S/c1-35-27-16-12-22(13-17-27)25-14-18-30-28(20-25)29-21-26(15-19-31(29)39-30)34-37-32(23-8-4-2-5-9-23)36-33(38-34)24-10-6-3-7-11-24/h2-21H. The zero-order valence-electron chi connectivity index (χ0n) is 20.7. The third-order valence-electron chi connectivity index (χ3n) is 6.76. The lowest BCUT2D eigenvalue weighted by molar-refractivity contribution is 1.07. The summed E-state index contributed by atoms with van der Waals surface area (Å²) in [6.07, 6.45) is 0. The van der Waals surface area contributed by atoms with Crippen molar-refractivity contribution < 1.29 is 0 Å². The molecule has 2 heterocycles. The third-order valence-corrected chi connectivity index (χ3v) is 7.91. The van der Waals surface area contributed by atoms with Crippen LogP contribution in [0.25, 0.3) is 70.3 Å². The van der Waals surface area contributed by atoms with Crippen molar-refractivity contribution in [3.8, 4) is 45.3 Å². The van der Waals surface area contributed by atoms with Crippen LogP contribution in [0.4, 0.5) is 5.69 Å². The van der Waals surface area contributed by atoms with Gasteiger partial charge in [0.2, 0.25) is 0 Å². The van der Waals surface area contributed by atoms with E-state index in [2.05, 4.69) is 41.2 Å². The lowest BCUT2D eigenvalue weighted by Crippen LogP contribution is -2.00. The highest BCUT2D eigenvalue weighted by Crippen LogP contribution is 2.38. The summed E-state index contributed by atoms with van der Waals surface area (Å²) in [5.41, 5.74) is 5.72. The summed E-state index contributed by atoms with van der Waals surface area (Å²) in [5, 5.41) is 2.37. The minimum atomic E-state index is 0.646. The van der Waals surface area contributed by atoms with Crippen molar-refractivity contribution in [3.63, 3.8) is 0 Å². The molecule has 0 saturated carbocycles. The fourth-order valence-corrected chi connectivity index (χ4v) is 5.83. The molecule has 0 unspecified atom stereocenters. The zero-order valence-corrected chi connectivity index (χ0v) is 21.6. The number of aromatic nitrogens is 3. The highest BCUT2D eigenvalue weighted by atomic mass is 32.1. The average Bonchev–Trinajstić information content (AvgIpc) is 3.39. The maximum absolute atomic E-state index is 7.22. The van der Waals surface area contributed by atoms with E-state index in [1.165, 1.54) is 20.2 Å². The number of hydrogen-bond donors (Lipinski definition) is 0. The number of fused-ring (bicyclic) bond motifs is 3. The molecule has 4 nitrogen and oxygen atoms in total. The van der Waals surface area contributed by atoms with Gasteiger partial charge < -0.3 is 0 Å². The van der Waals surface area contributed by atoms with Crippen LogP contribution in [-0.4, -0.2) is 15.0 Å². The predicted octanol–water partition coefficient (Wildman–Crippen LogP) is 9.46. The first-order valence-electron chi connectivity index (χ1n) is 12.6. The molecule has 0 N–H and O–H groups in total. The molecule has 0 aliphatic rings. The highest BCUT2D eigenvalue weighted by Gasteiger charge is 2.14. The van der Waals surface area contributed by atoms with E-state index < -0.39 is 0 Å². The van der Waals surface area contributed by atoms with Gasteiger partial charge in [-0.2, -0.15) is 0 Å². The normalized spacial score (nSPS) is 11.1. The molecule has 0 saturated heterocycles. The van der Waals surface area contributed by atoms with Crippen LogP contribution in [0.5, 0.6) is 0 Å². The Balaban J connectivity index is 1.39. The van der Waals surface area contributed by atoms with Gasteiger partial charge in [0, 0.05) is 36.9 Å². The van der Waals surface area contributed by atoms with E-state index in [-0.39, 0.29) is 0 Å². The summed E-state index contributed by atoms with van der Waals surface area (Å²) in [6.45, 7) is 7.22. The van der Waals surface area contributed by atoms with Gasteiger partial charge in [-0.3, -0.25) is 0 Å². The van der Waals surface area contributed by atoms with Gasteiger partial charge in [-0.1, -0.05) is 91.0 Å². The monoisotopic (exact) mass is 516 g/mol. The van der Waals surface area contributed by atoms with Crippen LogP contribution in [0.2, 0.25) is 0 Å². The van der Waals surface area contributed by atoms with Gasteiger partial charge in [0.1, 0.15) is 0 Å². The van der Waals surface area contributed by atoms with Crippen molar-refractivity contribution in [2.24, 2.45) is 0 Å². The van der Waals surface area contributed by atoms with Crippen molar-refractivity contribution in [2.45, 2.75) is 0 Å². The lowest BCUT2D eigenvalue weighted by Gasteiger charge is -2.08. The Bertz CT molecular complexity index is 1950. The molecular weight excluding hydrogens is 496 g/mol. The molecule has 0 spiro atoms. The summed E-state index contributed by atoms with van der Waals surface area (Å²) in [4.78, 5) is 18.2. The van der Waals surface area contributed by atoms with Crippen molar-refractivity contribution >= 4 is 37.2 Å². The van der Waals surface area contributed by atoms with Gasteiger partial charge in [-0.05, 0) is 41.5 Å². The van der Waals surface area contributed by atoms with Crippen molar-refractivity contribution in [2.75, 3.05) is 0 Å². The maximum atomic E-state index is 7.22. The predicted molar refractivity (Wildman–Crippen MR) is 161 cm³/mol. The van der Waals surface area contributed by atoms with Crippen LogP contribution < -0.4 is 0 Å². The topological polar surface area (TPSA) is 43.0 Å². The van der Waals surface area contributed by atoms with Crippen LogP contribution in [-0.2, 0) is 0 Å². The quantitative estimate of drug-likeness (QED) is 0.219. The Morgan fingerprint density at radius 1 is 0.462 bits per heavy atom. The molecule has 0 fully saturated rings. The van der Waals surface area contributed by atoms with Crippen LogP contribution in [0.3, 0.4) is 0 Å². The van der Waals surface area contributed by atoms with Gasteiger partial charge in [0.25, 0.3) is 0 Å². The van der Waals surface area contributed by atoms with Crippen LogP contribution in [0.1, 0.15) is 0 Å². The second-order valence-electron chi connectivity index (χ2n) is 9.22. The minimum absolute atomic E-state index is 0.646. The van der Waals surface area contributed by atoms with Gasteiger partial charge in [-0.15, -0.1) is 11.3 Å². The highest BCUT2D eigenvalue weighted by molar-refractivity contribution is 7.25. The fourth-order valence-electron chi connectivity index (χ4n) is 4.76. The number of benzene rings is 5. The smallest absolute Gasteiger partial charge is 0.187 e. The minimum Gasteiger partial charge on any atom is -0.238 e. The molecule has 7 rings (SSSR count). The Hall–Kier alpha value is -5.18. The van der Waals surface area contributed by atoms with Crippen LogP contribution in [0, 0.1) is 6.57 Å². The van der Waals surface area contributed by atoms with Gasteiger partial charge in [0.15, 0.2) is 23.2 Å². The number of nitrogens with zero attached hydrogens (tertiary/aromatic N) is 4. The Labute approximate surface area is 229 Å². The molecule has 0 atom stereocenters. The molecule has 0 radical (unpaired) electrons. The second-order valence-corrected chi connectivity index (χ2v) is 10.3. The van der Waals surface area contributed by atoms with Crippen LogP contribution in [0.15, 0.2) is 121 Å². The van der Waals surface area contributed by atoms with E-state index in [1.54, 1.807) is 11.3 Å². The summed E-state index contributed by atoms with van der Waals surface area (Å²) in [6, 6.07) is 40.8. The second kappa shape index (κ2) is 9.60. The molecule has 0 amide bonds. The number of thiophene rings is 1. The fraction of sp³-hybridized carbons (Fsp3) is 0. The third kappa shape index (κ3) is 4.33. The maximum Gasteiger partial charge on any atom is 0.187 e. The van der Waals surface area contributed by atoms with E-state index in [9.17, 15) is 0 Å².